The van der Waals surface area contributed by atoms with Crippen molar-refractivity contribution in [3.8, 4) is 5.75 Å². The van der Waals surface area contributed by atoms with Crippen molar-refractivity contribution in [2.75, 3.05) is 20.6 Å². The zero-order valence-electron chi connectivity index (χ0n) is 16.7. The average Bonchev–Trinajstić information content (AvgIpc) is 2.83. The van der Waals surface area contributed by atoms with Crippen LogP contribution in [0.4, 0.5) is 0 Å². The number of hydrogen-bond donors (Lipinski definition) is 0. The van der Waals surface area contributed by atoms with Gasteiger partial charge in [-0.15, -0.1) is 0 Å². The molecular formula is C23H32N2O2. The van der Waals surface area contributed by atoms with Crippen LogP contribution in [0.25, 0.3) is 0 Å². The number of likely N-dealkylation sites (N-methyl/N-ethyl adjacent to an activating group) is 1. The Bertz CT molecular complexity index is 706. The molecular weight excluding hydrogens is 336 g/mol. The topological polar surface area (TPSA) is 32.8 Å². The fourth-order valence-electron chi connectivity index (χ4n) is 5.10. The number of benzene rings is 1. The number of carbonyl (C=O) groups is 1. The molecule has 0 radical (unpaired) electrons. The highest BCUT2D eigenvalue weighted by Crippen LogP contribution is 2.39. The van der Waals surface area contributed by atoms with Crippen molar-refractivity contribution in [3.63, 3.8) is 0 Å². The average molecular weight is 369 g/mol. The summed E-state index contributed by atoms with van der Waals surface area (Å²) in [5, 5.41) is 0. The molecule has 2 aliphatic carbocycles. The maximum Gasteiger partial charge on any atom is 0.225 e. The lowest BCUT2D eigenvalue weighted by Crippen LogP contribution is -2.51. The smallest absolute Gasteiger partial charge is 0.225 e. The summed E-state index contributed by atoms with van der Waals surface area (Å²) < 4.78 is 6.61. The van der Waals surface area contributed by atoms with Gasteiger partial charge in [0.15, 0.2) is 0 Å². The number of ether oxygens (including phenoxy) is 1. The summed E-state index contributed by atoms with van der Waals surface area (Å²) in [5.41, 5.74) is 1.16. The van der Waals surface area contributed by atoms with E-state index in [9.17, 15) is 4.79 Å². The second kappa shape index (κ2) is 7.67. The number of allylic oxidation sites excluding steroid dienone is 2. The van der Waals surface area contributed by atoms with Gasteiger partial charge in [0.25, 0.3) is 0 Å². The minimum absolute atomic E-state index is 0.116. The Labute approximate surface area is 163 Å². The van der Waals surface area contributed by atoms with Crippen LogP contribution in [-0.4, -0.2) is 48.0 Å². The van der Waals surface area contributed by atoms with Gasteiger partial charge >= 0.3 is 0 Å². The number of para-hydroxylation sites is 1. The number of amides is 1. The van der Waals surface area contributed by atoms with Crippen molar-refractivity contribution in [1.82, 2.24) is 9.80 Å². The van der Waals surface area contributed by atoms with E-state index in [-0.39, 0.29) is 11.5 Å². The molecule has 1 spiro atoms. The van der Waals surface area contributed by atoms with E-state index in [0.717, 1.165) is 63.8 Å². The van der Waals surface area contributed by atoms with E-state index >= 15 is 0 Å². The Morgan fingerprint density at radius 3 is 2.70 bits per heavy atom. The first-order valence-corrected chi connectivity index (χ1v) is 10.4. The lowest BCUT2D eigenvalue weighted by molar-refractivity contribution is -0.138. The molecule has 1 aromatic rings. The van der Waals surface area contributed by atoms with Gasteiger partial charge in [0, 0.05) is 37.7 Å². The minimum Gasteiger partial charge on any atom is -0.486 e. The second-order valence-corrected chi connectivity index (χ2v) is 8.73. The van der Waals surface area contributed by atoms with Gasteiger partial charge in [-0.3, -0.25) is 9.69 Å². The molecule has 1 heterocycles. The molecule has 0 bridgehead atoms. The number of fused-ring (bicyclic) bond motifs is 1. The molecule has 3 aliphatic rings. The molecule has 0 saturated heterocycles. The van der Waals surface area contributed by atoms with Crippen LogP contribution in [-0.2, 0) is 11.3 Å². The highest BCUT2D eigenvalue weighted by Gasteiger charge is 2.42. The fourth-order valence-corrected chi connectivity index (χ4v) is 5.10. The Kier molecular flexibility index (Phi) is 5.27. The largest absolute Gasteiger partial charge is 0.486 e. The zero-order valence-corrected chi connectivity index (χ0v) is 16.7. The number of carbonyl (C=O) groups excluding carboxylic acids is 1. The van der Waals surface area contributed by atoms with Crippen molar-refractivity contribution >= 4 is 5.91 Å². The first kappa shape index (κ1) is 18.5. The van der Waals surface area contributed by atoms with Crippen LogP contribution < -0.4 is 4.74 Å². The van der Waals surface area contributed by atoms with Gasteiger partial charge < -0.3 is 9.64 Å². The van der Waals surface area contributed by atoms with Gasteiger partial charge in [-0.25, -0.2) is 0 Å². The van der Waals surface area contributed by atoms with Gasteiger partial charge in [0.2, 0.25) is 5.91 Å². The summed E-state index contributed by atoms with van der Waals surface area (Å²) in [6.45, 7) is 1.90. The van der Waals surface area contributed by atoms with E-state index in [1.54, 1.807) is 0 Å². The Morgan fingerprint density at radius 2 is 1.96 bits per heavy atom. The summed E-state index contributed by atoms with van der Waals surface area (Å²) in [5.74, 6) is 1.56. The number of hydrogen-bond acceptors (Lipinski definition) is 3. The summed E-state index contributed by atoms with van der Waals surface area (Å²) in [7, 11) is 4.20. The van der Waals surface area contributed by atoms with Crippen molar-refractivity contribution in [3.05, 3.63) is 42.0 Å². The van der Waals surface area contributed by atoms with Gasteiger partial charge in [-0.05, 0) is 58.1 Å². The Balaban J connectivity index is 1.42. The van der Waals surface area contributed by atoms with E-state index < -0.39 is 0 Å². The predicted octanol–water partition coefficient (Wildman–Crippen LogP) is 4.01. The van der Waals surface area contributed by atoms with Crippen LogP contribution in [0.1, 0.15) is 50.5 Å². The van der Waals surface area contributed by atoms with Crippen LogP contribution in [0.2, 0.25) is 0 Å². The highest BCUT2D eigenvalue weighted by molar-refractivity contribution is 5.79. The normalized spacial score (nSPS) is 31.0. The van der Waals surface area contributed by atoms with Crippen LogP contribution in [0.5, 0.6) is 5.75 Å². The fraction of sp³-hybridized carbons (Fsp3) is 0.609. The van der Waals surface area contributed by atoms with Crippen LogP contribution >= 0.6 is 0 Å². The maximum absolute atomic E-state index is 12.9. The van der Waals surface area contributed by atoms with Crippen molar-refractivity contribution in [1.29, 1.82) is 0 Å². The lowest BCUT2D eigenvalue weighted by Gasteiger charge is -2.43. The minimum atomic E-state index is -0.116. The SMILES string of the molecule is CN1Cc2ccccc2OC2(CCC(N(C)C(=O)[C@H]3CC=CCC3)CC2)C1. The summed E-state index contributed by atoms with van der Waals surface area (Å²) in [4.78, 5) is 17.3. The van der Waals surface area contributed by atoms with E-state index in [0.29, 0.717) is 11.9 Å². The molecule has 4 heteroatoms. The molecule has 0 N–H and O–H groups in total. The monoisotopic (exact) mass is 368 g/mol. The van der Waals surface area contributed by atoms with Crippen molar-refractivity contribution < 1.29 is 9.53 Å². The molecule has 27 heavy (non-hydrogen) atoms. The summed E-state index contributed by atoms with van der Waals surface area (Å²) in [6, 6.07) is 8.78. The molecule has 4 nitrogen and oxygen atoms in total. The highest BCUT2D eigenvalue weighted by atomic mass is 16.5. The van der Waals surface area contributed by atoms with Crippen molar-refractivity contribution in [2.24, 2.45) is 5.92 Å². The third kappa shape index (κ3) is 3.91. The summed E-state index contributed by atoms with van der Waals surface area (Å²) >= 11 is 0. The zero-order chi connectivity index (χ0) is 18.9. The molecule has 146 valence electrons. The van der Waals surface area contributed by atoms with Crippen LogP contribution in [0.3, 0.4) is 0 Å². The first-order chi connectivity index (χ1) is 13.1. The third-order valence-corrected chi connectivity index (χ3v) is 6.68. The van der Waals surface area contributed by atoms with Gasteiger partial charge in [-0.2, -0.15) is 0 Å². The van der Waals surface area contributed by atoms with E-state index in [1.165, 1.54) is 5.56 Å². The molecule has 0 unspecified atom stereocenters. The Hall–Kier alpha value is -1.81. The molecule has 1 aromatic carbocycles. The standard InChI is InChI=1S/C23H32N2O2/c1-24-16-19-10-6-7-11-21(19)27-23(17-24)14-12-20(13-15-23)25(2)22(26)18-8-4-3-5-9-18/h3-4,6-7,10-11,18,20H,5,8-9,12-17H2,1-2H3/t18-,20?,23?/m0/s1. The van der Waals surface area contributed by atoms with Crippen LogP contribution in [0.15, 0.2) is 36.4 Å². The maximum atomic E-state index is 12.9. The summed E-state index contributed by atoms with van der Waals surface area (Å²) in [6.07, 6.45) is 11.4. The predicted molar refractivity (Wildman–Crippen MR) is 108 cm³/mol. The molecule has 1 aliphatic heterocycles. The molecule has 1 atom stereocenters. The van der Waals surface area contributed by atoms with Crippen molar-refractivity contribution in [2.45, 2.75) is 63.1 Å². The van der Waals surface area contributed by atoms with Gasteiger partial charge in [-0.1, -0.05) is 30.4 Å². The first-order valence-electron chi connectivity index (χ1n) is 10.4. The van der Waals surface area contributed by atoms with Crippen LogP contribution in [0, 0.1) is 5.92 Å². The molecule has 1 fully saturated rings. The molecule has 0 aromatic heterocycles. The molecule has 4 rings (SSSR count). The lowest BCUT2D eigenvalue weighted by atomic mass is 9.80. The third-order valence-electron chi connectivity index (χ3n) is 6.68. The van der Waals surface area contributed by atoms with E-state index in [2.05, 4.69) is 48.4 Å². The van der Waals surface area contributed by atoms with E-state index in [4.69, 9.17) is 4.74 Å². The quantitative estimate of drug-likeness (QED) is 0.740. The molecule has 1 saturated carbocycles. The number of rotatable bonds is 2. The Morgan fingerprint density at radius 1 is 1.19 bits per heavy atom. The van der Waals surface area contributed by atoms with Gasteiger partial charge in [0.05, 0.1) is 0 Å². The molecule has 1 amide bonds. The van der Waals surface area contributed by atoms with E-state index in [1.807, 2.05) is 11.9 Å². The number of nitrogens with zero attached hydrogens (tertiary/aromatic N) is 2. The van der Waals surface area contributed by atoms with Gasteiger partial charge in [0.1, 0.15) is 11.4 Å². The second-order valence-electron chi connectivity index (χ2n) is 8.73.